The van der Waals surface area contributed by atoms with Crippen molar-refractivity contribution in [2.45, 2.75) is 12.2 Å². The minimum absolute atomic E-state index is 0.511. The zero-order valence-corrected chi connectivity index (χ0v) is 11.7. The molecular formula is C16H16N4O. The fourth-order valence-electron chi connectivity index (χ4n) is 2.39. The first-order valence-corrected chi connectivity index (χ1v) is 6.68. The topological polar surface area (TPSA) is 72.3 Å². The average Bonchev–Trinajstić information content (AvgIpc) is 3.06. The Morgan fingerprint density at radius 1 is 1.10 bits per heavy atom. The molecule has 5 nitrogen and oxygen atoms in total. The molecule has 2 N–H and O–H groups in total. The van der Waals surface area contributed by atoms with Gasteiger partial charge in [0.2, 0.25) is 5.66 Å². The van der Waals surface area contributed by atoms with Gasteiger partial charge in [0, 0.05) is 17.7 Å². The second kappa shape index (κ2) is 5.46. The largest absolute Gasteiger partial charge is 0.497 e. The van der Waals surface area contributed by atoms with Gasteiger partial charge in [0.1, 0.15) is 12.1 Å². The van der Waals surface area contributed by atoms with E-state index in [0.717, 1.165) is 22.4 Å². The van der Waals surface area contributed by atoms with Crippen LogP contribution in [0.3, 0.4) is 0 Å². The third kappa shape index (κ3) is 2.32. The summed E-state index contributed by atoms with van der Waals surface area (Å²) >= 11 is 0. The predicted molar refractivity (Wildman–Crippen MR) is 81.5 cm³/mol. The summed E-state index contributed by atoms with van der Waals surface area (Å²) in [6.45, 7) is 0.511. The van der Waals surface area contributed by atoms with Crippen LogP contribution in [-0.2, 0) is 12.2 Å². The molecule has 3 rings (SSSR count). The van der Waals surface area contributed by atoms with Gasteiger partial charge in [-0.1, -0.05) is 36.4 Å². The first-order valence-electron chi connectivity index (χ1n) is 6.68. The zero-order valence-electron chi connectivity index (χ0n) is 11.7. The van der Waals surface area contributed by atoms with Gasteiger partial charge < -0.3 is 10.5 Å². The van der Waals surface area contributed by atoms with E-state index in [1.165, 1.54) is 6.34 Å². The number of hydrogen-bond donors (Lipinski definition) is 1. The maximum Gasteiger partial charge on any atom is 0.223 e. The van der Waals surface area contributed by atoms with E-state index in [2.05, 4.69) is 15.2 Å². The highest BCUT2D eigenvalue weighted by Crippen LogP contribution is 2.39. The lowest BCUT2D eigenvalue weighted by atomic mass is 9.91. The molecule has 0 saturated heterocycles. The quantitative estimate of drug-likeness (QED) is 0.935. The van der Waals surface area contributed by atoms with Crippen LogP contribution in [0.2, 0.25) is 0 Å². The molecule has 1 heterocycles. The van der Waals surface area contributed by atoms with Crippen molar-refractivity contribution < 1.29 is 4.74 Å². The Labute approximate surface area is 123 Å². The van der Waals surface area contributed by atoms with Crippen LogP contribution >= 0.6 is 0 Å². The molecule has 0 amide bonds. The third-order valence-electron chi connectivity index (χ3n) is 3.56. The van der Waals surface area contributed by atoms with Crippen molar-refractivity contribution in [1.29, 1.82) is 0 Å². The monoisotopic (exact) mass is 280 g/mol. The molecule has 5 heteroatoms. The van der Waals surface area contributed by atoms with Gasteiger partial charge in [-0.2, -0.15) is 0 Å². The molecule has 0 bridgehead atoms. The van der Waals surface area contributed by atoms with E-state index >= 15 is 0 Å². The molecule has 0 spiro atoms. The summed E-state index contributed by atoms with van der Waals surface area (Å²) in [6, 6.07) is 15.7. The Balaban J connectivity index is 2.11. The van der Waals surface area contributed by atoms with Crippen molar-refractivity contribution in [3.63, 3.8) is 0 Å². The van der Waals surface area contributed by atoms with Crippen molar-refractivity contribution in [3.8, 4) is 5.75 Å². The molecule has 1 aliphatic rings. The van der Waals surface area contributed by atoms with E-state index in [1.807, 2.05) is 48.5 Å². The van der Waals surface area contributed by atoms with Crippen molar-refractivity contribution in [2.75, 3.05) is 7.11 Å². The molecule has 0 aliphatic carbocycles. The number of nitrogens with two attached hydrogens (primary N) is 1. The van der Waals surface area contributed by atoms with Gasteiger partial charge in [0.05, 0.1) is 7.11 Å². The molecule has 0 fully saturated rings. The molecule has 2 aromatic carbocycles. The summed E-state index contributed by atoms with van der Waals surface area (Å²) < 4.78 is 5.29. The summed E-state index contributed by atoms with van der Waals surface area (Å²) in [5.74, 6) is 0.766. The highest BCUT2D eigenvalue weighted by atomic mass is 16.5. The standard InChI is InChI=1S/C16H16N4O/c1-21-15-4-2-3-14(9-15)16(18-11-19-20-16)13-7-5-12(10-17)6-8-13/h2-9,11H,10,17H2,1H3. The lowest BCUT2D eigenvalue weighted by Crippen LogP contribution is -2.20. The van der Waals surface area contributed by atoms with E-state index in [1.54, 1.807) is 7.11 Å². The SMILES string of the molecule is COc1cccc(C2(c3ccc(CN)cc3)N=CN=N2)c1. The number of methoxy groups -OCH3 is 1. The molecule has 106 valence electrons. The van der Waals surface area contributed by atoms with Crippen LogP contribution in [0.15, 0.2) is 63.8 Å². The molecule has 2 aromatic rings. The van der Waals surface area contributed by atoms with Gasteiger partial charge >= 0.3 is 0 Å². The van der Waals surface area contributed by atoms with Gasteiger partial charge in [-0.15, -0.1) is 10.2 Å². The van der Waals surface area contributed by atoms with E-state index < -0.39 is 5.66 Å². The molecule has 0 radical (unpaired) electrons. The number of aliphatic imine (C=N–C) groups is 1. The van der Waals surface area contributed by atoms with Crippen LogP contribution < -0.4 is 10.5 Å². The summed E-state index contributed by atoms with van der Waals surface area (Å²) in [5.41, 5.74) is 7.75. The Bertz CT molecular complexity index is 680. The van der Waals surface area contributed by atoms with Crippen LogP contribution in [-0.4, -0.2) is 13.4 Å². The van der Waals surface area contributed by atoms with Gasteiger partial charge in [0.15, 0.2) is 0 Å². The second-order valence-corrected chi connectivity index (χ2v) is 4.77. The Kier molecular flexibility index (Phi) is 3.50. The Hall–Kier alpha value is -2.53. The fourth-order valence-corrected chi connectivity index (χ4v) is 2.39. The second-order valence-electron chi connectivity index (χ2n) is 4.77. The van der Waals surface area contributed by atoms with E-state index in [-0.39, 0.29) is 0 Å². The molecule has 21 heavy (non-hydrogen) atoms. The Morgan fingerprint density at radius 3 is 2.52 bits per heavy atom. The first kappa shape index (κ1) is 13.5. The predicted octanol–water partition coefficient (Wildman–Crippen LogP) is 2.85. The lowest BCUT2D eigenvalue weighted by Gasteiger charge is -2.23. The van der Waals surface area contributed by atoms with Crippen LogP contribution in [0, 0.1) is 0 Å². The molecule has 0 saturated carbocycles. The van der Waals surface area contributed by atoms with Gasteiger partial charge in [-0.3, -0.25) is 0 Å². The molecule has 0 aromatic heterocycles. The van der Waals surface area contributed by atoms with Crippen LogP contribution in [0.4, 0.5) is 0 Å². The number of nitrogens with zero attached hydrogens (tertiary/aromatic N) is 3. The van der Waals surface area contributed by atoms with E-state index in [9.17, 15) is 0 Å². The minimum atomic E-state index is -0.832. The van der Waals surface area contributed by atoms with E-state index in [0.29, 0.717) is 6.54 Å². The highest BCUT2D eigenvalue weighted by Gasteiger charge is 2.36. The number of benzene rings is 2. The molecule has 1 atom stereocenters. The van der Waals surface area contributed by atoms with Crippen LogP contribution in [0.5, 0.6) is 5.75 Å². The number of hydrogen-bond acceptors (Lipinski definition) is 5. The number of azo groups is 1. The van der Waals surface area contributed by atoms with Gasteiger partial charge in [0.25, 0.3) is 0 Å². The van der Waals surface area contributed by atoms with Crippen molar-refractivity contribution in [2.24, 2.45) is 21.0 Å². The summed E-state index contributed by atoms with van der Waals surface area (Å²) in [4.78, 5) is 4.49. The maximum absolute atomic E-state index is 5.65. The first-order chi connectivity index (χ1) is 10.3. The average molecular weight is 280 g/mol. The fraction of sp³-hybridized carbons (Fsp3) is 0.188. The third-order valence-corrected chi connectivity index (χ3v) is 3.56. The van der Waals surface area contributed by atoms with Crippen LogP contribution in [0.1, 0.15) is 16.7 Å². The smallest absolute Gasteiger partial charge is 0.223 e. The van der Waals surface area contributed by atoms with Crippen molar-refractivity contribution in [3.05, 3.63) is 65.2 Å². The van der Waals surface area contributed by atoms with Crippen molar-refractivity contribution >= 4 is 6.34 Å². The van der Waals surface area contributed by atoms with E-state index in [4.69, 9.17) is 10.5 Å². The summed E-state index contributed by atoms with van der Waals surface area (Å²) in [6.07, 6.45) is 1.48. The highest BCUT2D eigenvalue weighted by molar-refractivity contribution is 5.60. The van der Waals surface area contributed by atoms with Crippen LogP contribution in [0.25, 0.3) is 0 Å². The number of rotatable bonds is 4. The lowest BCUT2D eigenvalue weighted by molar-refractivity contribution is 0.412. The molecule has 1 aliphatic heterocycles. The molecular weight excluding hydrogens is 264 g/mol. The normalized spacial score (nSPS) is 19.9. The van der Waals surface area contributed by atoms with Gasteiger partial charge in [-0.05, 0) is 17.7 Å². The van der Waals surface area contributed by atoms with Gasteiger partial charge in [-0.25, -0.2) is 4.99 Å². The maximum atomic E-state index is 5.65. The van der Waals surface area contributed by atoms with Crippen molar-refractivity contribution in [1.82, 2.24) is 0 Å². The zero-order chi connectivity index (χ0) is 14.7. The number of ether oxygens (including phenoxy) is 1. The Morgan fingerprint density at radius 2 is 1.90 bits per heavy atom. The summed E-state index contributed by atoms with van der Waals surface area (Å²) in [7, 11) is 1.64. The summed E-state index contributed by atoms with van der Waals surface area (Å²) in [5, 5.41) is 8.31. The molecule has 1 unspecified atom stereocenters. The minimum Gasteiger partial charge on any atom is -0.497 e.